The fraction of sp³-hybridized carbons (Fsp3) is 0.424. The van der Waals surface area contributed by atoms with Gasteiger partial charge < -0.3 is 30.1 Å². The van der Waals surface area contributed by atoms with Gasteiger partial charge in [-0.25, -0.2) is 4.98 Å². The van der Waals surface area contributed by atoms with Crippen molar-refractivity contribution in [1.82, 2.24) is 30.6 Å². The molecule has 2 aliphatic heterocycles. The summed E-state index contributed by atoms with van der Waals surface area (Å²) in [6.45, 7) is 31.4. The van der Waals surface area contributed by atoms with Gasteiger partial charge in [-0.15, -0.1) is 0 Å². The number of carbonyl (C=O) groups excluding carboxylic acids is 4. The van der Waals surface area contributed by atoms with Crippen molar-refractivity contribution in [2.24, 2.45) is 0 Å². The second kappa shape index (κ2) is 23.3. The molecule has 3 aliphatic rings. The maximum Gasteiger partial charge on any atom is 0.310 e. The Morgan fingerprint density at radius 3 is 1.96 bits per heavy atom. The Hall–Kier alpha value is -7.34. The molecule has 8 rings (SSSR count). The summed E-state index contributed by atoms with van der Waals surface area (Å²) in [6.07, 6.45) is 8.43. The number of amides is 2. The van der Waals surface area contributed by atoms with E-state index < -0.39 is 5.97 Å². The monoisotopic (exact) mass is 1050 g/mol. The highest BCUT2D eigenvalue weighted by molar-refractivity contribution is 6.27. The number of unbranched alkanes of at least 4 members (excludes halogenated alkanes) is 3. The predicted molar refractivity (Wildman–Crippen MR) is 315 cm³/mol. The van der Waals surface area contributed by atoms with Crippen molar-refractivity contribution in [1.29, 1.82) is 0 Å². The van der Waals surface area contributed by atoms with Crippen LogP contribution in [0, 0.1) is 20.8 Å². The molecule has 0 fully saturated rings. The molecule has 0 spiro atoms. The summed E-state index contributed by atoms with van der Waals surface area (Å²) in [5, 5.41) is 6.27. The third kappa shape index (κ3) is 11.5. The van der Waals surface area contributed by atoms with Crippen LogP contribution in [0.4, 0.5) is 0 Å². The number of nitrogens with one attached hydrogen (secondary N) is 4. The standard InChI is InChI=1S/C66H80N6O6/c1-15-45-39(5)52-34-54-41(7)47(25-26-58(73)77-13)61(71-54)49(33-59(74)78-14)62-60(42(8)55(72-62)36-57-46(16-2)40(6)53(70-57)35-56(45)69-52)64(76)68-30-20-18-17-19-29-67-63(75)44-23-21-43(22-24-44)38(4)48-32-51-50(31-37(48)3)65(9,10)27-28-66(51,11)12/h15,21-24,31-32,34-36,41,47,69-70H,1,4,16-20,25-30,33H2,2-3,5-14H3,(H,67,75)(H,68,76)/t41-,47-/m0/s1. The number of benzene rings is 2. The highest BCUT2D eigenvalue weighted by atomic mass is 16.5. The zero-order valence-electron chi connectivity index (χ0n) is 48.2. The van der Waals surface area contributed by atoms with Crippen LogP contribution in [0.15, 0.2) is 67.8 Å². The molecule has 2 aromatic carbocycles. The number of H-pyrrole nitrogens is 2. The van der Waals surface area contributed by atoms with Crippen molar-refractivity contribution in [2.45, 2.75) is 156 Å². The molecule has 5 heterocycles. The van der Waals surface area contributed by atoms with Gasteiger partial charge in [-0.05, 0) is 163 Å². The number of esters is 2. The summed E-state index contributed by atoms with van der Waals surface area (Å²) in [5.74, 6) is -1.79. The smallest absolute Gasteiger partial charge is 0.310 e. The first-order valence-corrected chi connectivity index (χ1v) is 27.9. The molecule has 8 bridgehead atoms. The lowest BCUT2D eigenvalue weighted by atomic mass is 9.62. The quantitative estimate of drug-likeness (QED) is 0.0497. The lowest BCUT2D eigenvalue weighted by molar-refractivity contribution is -0.141. The topological polar surface area (TPSA) is 168 Å². The molecule has 0 saturated carbocycles. The van der Waals surface area contributed by atoms with Gasteiger partial charge in [0.15, 0.2) is 0 Å². The molecule has 410 valence electrons. The Bertz CT molecular complexity index is 3420. The lowest BCUT2D eigenvalue weighted by Gasteiger charge is -2.42. The number of carbonyl (C=O) groups is 4. The van der Waals surface area contributed by atoms with Crippen LogP contribution in [0.25, 0.3) is 44.9 Å². The molecule has 0 radical (unpaired) electrons. The Labute approximate surface area is 461 Å². The van der Waals surface area contributed by atoms with Gasteiger partial charge in [0.25, 0.3) is 11.8 Å². The number of hydrogen-bond acceptors (Lipinski definition) is 8. The fourth-order valence-electron chi connectivity index (χ4n) is 11.9. The predicted octanol–water partition coefficient (Wildman–Crippen LogP) is 13.4. The molecule has 1 aliphatic carbocycles. The summed E-state index contributed by atoms with van der Waals surface area (Å²) < 4.78 is 10.4. The third-order valence-electron chi connectivity index (χ3n) is 17.1. The van der Waals surface area contributed by atoms with Crippen LogP contribution < -0.4 is 10.6 Å². The second-order valence-corrected chi connectivity index (χ2v) is 23.0. The molecule has 0 unspecified atom stereocenters. The van der Waals surface area contributed by atoms with Crippen LogP contribution in [0.3, 0.4) is 0 Å². The Balaban J connectivity index is 0.995. The summed E-state index contributed by atoms with van der Waals surface area (Å²) >= 11 is 0. The molecule has 3 aromatic heterocycles. The average molecular weight is 1050 g/mol. The minimum atomic E-state index is -0.509. The van der Waals surface area contributed by atoms with Crippen molar-refractivity contribution >= 4 is 68.6 Å². The van der Waals surface area contributed by atoms with Crippen LogP contribution in [0.5, 0.6) is 0 Å². The van der Waals surface area contributed by atoms with Gasteiger partial charge >= 0.3 is 11.9 Å². The molecule has 2 atom stereocenters. The van der Waals surface area contributed by atoms with E-state index in [0.717, 1.165) is 98.8 Å². The summed E-state index contributed by atoms with van der Waals surface area (Å²) in [5.41, 5.74) is 19.5. The molecule has 2 amide bonds. The summed E-state index contributed by atoms with van der Waals surface area (Å²) in [6, 6.07) is 18.6. The second-order valence-electron chi connectivity index (χ2n) is 23.0. The number of rotatable bonds is 18. The van der Waals surface area contributed by atoms with E-state index in [1.807, 2.05) is 49.4 Å². The van der Waals surface area contributed by atoms with Crippen molar-refractivity contribution in [3.05, 3.63) is 152 Å². The van der Waals surface area contributed by atoms with Gasteiger partial charge in [-0.3, -0.25) is 24.2 Å². The van der Waals surface area contributed by atoms with E-state index in [9.17, 15) is 19.2 Å². The first-order chi connectivity index (χ1) is 37.1. The minimum Gasteiger partial charge on any atom is -0.469 e. The molecule has 5 aromatic rings. The molecule has 0 saturated heterocycles. The molecule has 12 heteroatoms. The van der Waals surface area contributed by atoms with Crippen LogP contribution in [-0.2, 0) is 47.5 Å². The number of methoxy groups -OCH3 is 2. The normalized spacial score (nSPS) is 16.3. The van der Waals surface area contributed by atoms with Gasteiger partial charge in [-0.1, -0.05) is 97.9 Å². The zero-order chi connectivity index (χ0) is 56.4. The Morgan fingerprint density at radius 1 is 0.731 bits per heavy atom. The third-order valence-corrected chi connectivity index (χ3v) is 17.1. The first-order valence-electron chi connectivity index (χ1n) is 27.9. The van der Waals surface area contributed by atoms with Gasteiger partial charge in [0, 0.05) is 75.8 Å². The van der Waals surface area contributed by atoms with Crippen LogP contribution in [-0.4, -0.2) is 71.0 Å². The maximum atomic E-state index is 14.7. The van der Waals surface area contributed by atoms with Crippen molar-refractivity contribution in [2.75, 3.05) is 27.3 Å². The maximum absolute atomic E-state index is 14.7. The van der Waals surface area contributed by atoms with Crippen LogP contribution in [0.1, 0.15) is 200 Å². The van der Waals surface area contributed by atoms with E-state index in [-0.39, 0.29) is 53.3 Å². The largest absolute Gasteiger partial charge is 0.469 e. The molecular weight excluding hydrogens is 973 g/mol. The molecule has 78 heavy (non-hydrogen) atoms. The Kier molecular flexibility index (Phi) is 17.0. The van der Waals surface area contributed by atoms with Crippen molar-refractivity contribution in [3.8, 4) is 0 Å². The fourth-order valence-corrected chi connectivity index (χ4v) is 11.9. The first kappa shape index (κ1) is 56.9. The number of nitrogens with zero attached hydrogens (tertiary/aromatic N) is 2. The Morgan fingerprint density at radius 2 is 1.33 bits per heavy atom. The SMILES string of the molecule is C=Cc1c(C)c2cc3nc(c(CC(=O)OC)c4nc(cc5[nH]c(cc1[nH]2)c(C)c5CC)C(C)=C4C(=O)NCCCCCCNC(=O)c1ccc(C(=C)c2cc4c(cc2C)C(C)(C)CCC4(C)C)cc1)[C@@H](CCC(=O)OC)[C@@H]3C. The number of aromatic nitrogens is 4. The van der Waals surface area contributed by atoms with E-state index in [4.69, 9.17) is 19.4 Å². The number of aryl methyl sites for hydroxylation is 4. The van der Waals surface area contributed by atoms with E-state index in [1.54, 1.807) is 0 Å². The molecule has 12 nitrogen and oxygen atoms in total. The number of ether oxygens (including phenoxy) is 2. The summed E-state index contributed by atoms with van der Waals surface area (Å²) in [7, 11) is 2.71. The van der Waals surface area contributed by atoms with Crippen LogP contribution >= 0.6 is 0 Å². The van der Waals surface area contributed by atoms with Gasteiger partial charge in [-0.2, -0.15) is 0 Å². The minimum absolute atomic E-state index is 0.0945. The van der Waals surface area contributed by atoms with Gasteiger partial charge in [0.2, 0.25) is 0 Å². The number of fused-ring (bicyclic) bond motifs is 9. The van der Waals surface area contributed by atoms with Crippen LogP contribution in [0.2, 0.25) is 0 Å². The lowest BCUT2D eigenvalue weighted by Crippen LogP contribution is -2.34. The molecule has 4 N–H and O–H groups in total. The van der Waals surface area contributed by atoms with E-state index in [1.165, 1.54) is 37.3 Å². The van der Waals surface area contributed by atoms with E-state index in [0.29, 0.717) is 65.3 Å². The molecular formula is C66H80N6O6. The highest BCUT2D eigenvalue weighted by Crippen LogP contribution is 2.48. The average Bonchev–Trinajstić information content (AvgIpc) is 4.18. The number of hydrogen-bond donors (Lipinski definition) is 4. The number of aromatic amines is 2. The summed E-state index contributed by atoms with van der Waals surface area (Å²) in [4.78, 5) is 72.0. The van der Waals surface area contributed by atoms with E-state index >= 15 is 0 Å². The van der Waals surface area contributed by atoms with E-state index in [2.05, 4.69) is 114 Å². The zero-order valence-corrected chi connectivity index (χ0v) is 48.2. The number of allylic oxidation sites excluding steroid dienone is 1. The van der Waals surface area contributed by atoms with Gasteiger partial charge in [0.1, 0.15) is 0 Å². The van der Waals surface area contributed by atoms with Crippen molar-refractivity contribution < 1.29 is 28.7 Å². The van der Waals surface area contributed by atoms with Crippen molar-refractivity contribution in [3.63, 3.8) is 0 Å². The van der Waals surface area contributed by atoms with Gasteiger partial charge in [0.05, 0.1) is 43.3 Å². The highest BCUT2D eigenvalue weighted by Gasteiger charge is 2.39.